The van der Waals surface area contributed by atoms with Crippen LogP contribution < -0.4 is 16.6 Å². The molecule has 28 heavy (non-hydrogen) atoms. The molecule has 1 aliphatic rings. The van der Waals surface area contributed by atoms with Gasteiger partial charge >= 0.3 is 6.03 Å². The Kier molecular flexibility index (Phi) is 7.90. The molecule has 7 heteroatoms. The van der Waals surface area contributed by atoms with Crippen LogP contribution in [0.4, 0.5) is 4.79 Å². The van der Waals surface area contributed by atoms with Crippen molar-refractivity contribution in [3.8, 4) is 0 Å². The van der Waals surface area contributed by atoms with Gasteiger partial charge in [-0.25, -0.2) is 4.79 Å². The van der Waals surface area contributed by atoms with E-state index >= 15 is 0 Å². The third kappa shape index (κ3) is 5.74. The molecule has 1 aliphatic heterocycles. The second-order valence-corrected chi connectivity index (χ2v) is 7.13. The summed E-state index contributed by atoms with van der Waals surface area (Å²) in [5.41, 5.74) is 6.08. The number of carbonyl (C=O) groups excluding carboxylic acids is 1. The smallest absolute Gasteiger partial charge is 0.335 e. The van der Waals surface area contributed by atoms with E-state index in [9.17, 15) is 4.79 Å². The number of rotatable bonds is 7. The van der Waals surface area contributed by atoms with E-state index in [0.717, 1.165) is 41.5 Å². The van der Waals surface area contributed by atoms with Crippen molar-refractivity contribution in [1.82, 2.24) is 20.8 Å². The largest absolute Gasteiger partial charge is 0.494 e. The molecular formula is C21H33N5O2. The van der Waals surface area contributed by atoms with E-state index in [-0.39, 0.29) is 12.1 Å². The van der Waals surface area contributed by atoms with E-state index in [4.69, 9.17) is 10.6 Å². The maximum absolute atomic E-state index is 12.4. The van der Waals surface area contributed by atoms with E-state index in [2.05, 4.69) is 53.8 Å². The van der Waals surface area contributed by atoms with Gasteiger partial charge in [-0.2, -0.15) is 5.12 Å². The van der Waals surface area contributed by atoms with E-state index in [1.54, 1.807) is 7.05 Å². The van der Waals surface area contributed by atoms with Crippen LogP contribution in [-0.4, -0.2) is 42.8 Å². The SMILES string of the molecule is CCOC1=CCC(C)N(C)C(NC(=O)NN(C)N)=C1CCc1ccccc1C. The van der Waals surface area contributed by atoms with Gasteiger partial charge in [0, 0.05) is 25.7 Å². The summed E-state index contributed by atoms with van der Waals surface area (Å²) in [6.45, 7) is 6.79. The minimum absolute atomic E-state index is 0.220. The van der Waals surface area contributed by atoms with Crippen LogP contribution in [0, 0.1) is 6.92 Å². The number of nitrogens with one attached hydrogen (secondary N) is 2. The summed E-state index contributed by atoms with van der Waals surface area (Å²) in [4.78, 5) is 14.4. The number of carbonyl (C=O) groups is 1. The third-order valence-electron chi connectivity index (χ3n) is 4.96. The lowest BCUT2D eigenvalue weighted by Crippen LogP contribution is -2.50. The molecule has 1 aromatic rings. The molecule has 0 saturated heterocycles. The average molecular weight is 388 g/mol. The summed E-state index contributed by atoms with van der Waals surface area (Å²) in [6, 6.07) is 8.20. The van der Waals surface area contributed by atoms with Crippen molar-refractivity contribution < 1.29 is 9.53 Å². The van der Waals surface area contributed by atoms with Crippen molar-refractivity contribution in [3.05, 3.63) is 58.6 Å². The zero-order valence-corrected chi connectivity index (χ0v) is 17.6. The van der Waals surface area contributed by atoms with Crippen molar-refractivity contribution in [2.45, 2.75) is 46.1 Å². The van der Waals surface area contributed by atoms with E-state index < -0.39 is 0 Å². The van der Waals surface area contributed by atoms with Gasteiger partial charge in [0.2, 0.25) is 0 Å². The fourth-order valence-electron chi connectivity index (χ4n) is 3.26. The lowest BCUT2D eigenvalue weighted by molar-refractivity contribution is 0.196. The molecule has 0 fully saturated rings. The first kappa shape index (κ1) is 21.8. The summed E-state index contributed by atoms with van der Waals surface area (Å²) in [6.07, 6.45) is 4.57. The van der Waals surface area contributed by atoms with Gasteiger partial charge in [-0.3, -0.25) is 16.6 Å². The van der Waals surface area contributed by atoms with Gasteiger partial charge in [-0.05, 0) is 57.2 Å². The maximum atomic E-state index is 12.4. The second kappa shape index (κ2) is 10.1. The molecule has 0 aliphatic carbocycles. The Labute approximate surface area is 168 Å². The highest BCUT2D eigenvalue weighted by Crippen LogP contribution is 2.28. The molecule has 1 unspecified atom stereocenters. The first-order chi connectivity index (χ1) is 13.3. The highest BCUT2D eigenvalue weighted by molar-refractivity contribution is 5.75. The zero-order chi connectivity index (χ0) is 20.7. The first-order valence-electron chi connectivity index (χ1n) is 9.73. The molecule has 0 aromatic heterocycles. The molecule has 1 aromatic carbocycles. The Balaban J connectivity index is 2.38. The zero-order valence-electron chi connectivity index (χ0n) is 17.6. The minimum Gasteiger partial charge on any atom is -0.494 e. The van der Waals surface area contributed by atoms with E-state index in [1.165, 1.54) is 11.1 Å². The van der Waals surface area contributed by atoms with Gasteiger partial charge in [0.1, 0.15) is 11.6 Å². The number of nitrogens with zero attached hydrogens (tertiary/aromatic N) is 2. The normalized spacial score (nSPS) is 17.3. The summed E-state index contributed by atoms with van der Waals surface area (Å²) in [5.74, 6) is 7.13. The minimum atomic E-state index is -0.384. The Hall–Kier alpha value is -2.51. The standard InChI is InChI=1S/C21H33N5O2/c1-6-28-19-14-11-16(3)25(4)20(23-21(27)24-26(5)22)18(19)13-12-17-10-8-7-9-15(17)2/h7-10,14,16H,6,11-13,22H2,1-5H3,(H2,23,24,27). The summed E-state index contributed by atoms with van der Waals surface area (Å²) < 4.78 is 5.95. The van der Waals surface area contributed by atoms with E-state index in [1.807, 2.05) is 20.0 Å². The molecule has 0 saturated carbocycles. The van der Waals surface area contributed by atoms with Gasteiger partial charge < -0.3 is 9.64 Å². The molecule has 0 bridgehead atoms. The Morgan fingerprint density at radius 3 is 2.71 bits per heavy atom. The van der Waals surface area contributed by atoms with Crippen molar-refractivity contribution in [2.24, 2.45) is 5.84 Å². The number of amides is 2. The topological polar surface area (TPSA) is 82.9 Å². The van der Waals surface area contributed by atoms with Crippen LogP contribution in [0.1, 0.15) is 37.8 Å². The molecule has 154 valence electrons. The molecule has 7 nitrogen and oxygen atoms in total. The monoisotopic (exact) mass is 387 g/mol. The molecule has 2 amide bonds. The van der Waals surface area contributed by atoms with Gasteiger partial charge in [0.05, 0.1) is 6.61 Å². The lowest BCUT2D eigenvalue weighted by Gasteiger charge is -2.30. The van der Waals surface area contributed by atoms with Crippen LogP contribution in [0.3, 0.4) is 0 Å². The Morgan fingerprint density at radius 2 is 2.07 bits per heavy atom. The maximum Gasteiger partial charge on any atom is 0.335 e. The van der Waals surface area contributed by atoms with Crippen LogP contribution in [-0.2, 0) is 11.2 Å². The molecule has 0 radical (unpaired) electrons. The van der Waals surface area contributed by atoms with Gasteiger partial charge in [0.15, 0.2) is 0 Å². The highest BCUT2D eigenvalue weighted by Gasteiger charge is 2.25. The molecule has 1 heterocycles. The van der Waals surface area contributed by atoms with Gasteiger partial charge in [-0.1, -0.05) is 24.3 Å². The lowest BCUT2D eigenvalue weighted by atomic mass is 9.99. The van der Waals surface area contributed by atoms with Crippen LogP contribution in [0.15, 0.2) is 47.5 Å². The second-order valence-electron chi connectivity index (χ2n) is 7.13. The van der Waals surface area contributed by atoms with E-state index in [0.29, 0.717) is 6.61 Å². The third-order valence-corrected chi connectivity index (χ3v) is 4.96. The van der Waals surface area contributed by atoms with Gasteiger partial charge in [-0.15, -0.1) is 0 Å². The molecule has 0 spiro atoms. The first-order valence-corrected chi connectivity index (χ1v) is 9.73. The van der Waals surface area contributed by atoms with Gasteiger partial charge in [0.25, 0.3) is 0 Å². The number of hydrogen-bond acceptors (Lipinski definition) is 5. The number of allylic oxidation sites excluding steroid dienone is 1. The van der Waals surface area contributed by atoms with Crippen LogP contribution in [0.2, 0.25) is 0 Å². The van der Waals surface area contributed by atoms with Crippen molar-refractivity contribution in [3.63, 3.8) is 0 Å². The molecule has 4 N–H and O–H groups in total. The van der Waals surface area contributed by atoms with Crippen LogP contribution in [0.5, 0.6) is 0 Å². The number of hydrogen-bond donors (Lipinski definition) is 3. The quantitative estimate of drug-likeness (QED) is 0.495. The predicted molar refractivity (Wildman–Crippen MR) is 112 cm³/mol. The summed E-state index contributed by atoms with van der Waals surface area (Å²) in [7, 11) is 3.56. The fraction of sp³-hybridized carbons (Fsp3) is 0.476. The number of hydrazine groups is 2. The summed E-state index contributed by atoms with van der Waals surface area (Å²) >= 11 is 0. The summed E-state index contributed by atoms with van der Waals surface area (Å²) in [5, 5.41) is 4.10. The number of nitrogens with two attached hydrogens (primary N) is 1. The number of aryl methyl sites for hydroxylation is 2. The molecular weight excluding hydrogens is 354 g/mol. The highest BCUT2D eigenvalue weighted by atomic mass is 16.5. The molecule has 2 rings (SSSR count). The van der Waals surface area contributed by atoms with Crippen molar-refractivity contribution in [2.75, 3.05) is 20.7 Å². The number of ether oxygens (including phenoxy) is 1. The Bertz CT molecular complexity index is 742. The average Bonchev–Trinajstić information content (AvgIpc) is 2.74. The van der Waals surface area contributed by atoms with Crippen LogP contribution in [0.25, 0.3) is 0 Å². The molecule has 1 atom stereocenters. The van der Waals surface area contributed by atoms with Crippen molar-refractivity contribution >= 4 is 6.03 Å². The Morgan fingerprint density at radius 1 is 1.36 bits per heavy atom. The predicted octanol–water partition coefficient (Wildman–Crippen LogP) is 2.80. The fourth-order valence-corrected chi connectivity index (χ4v) is 3.26. The number of benzene rings is 1. The van der Waals surface area contributed by atoms with Crippen molar-refractivity contribution in [1.29, 1.82) is 0 Å². The van der Waals surface area contributed by atoms with Crippen LogP contribution >= 0.6 is 0 Å². The number of urea groups is 1.